The average molecular weight is 333 g/mol. The second-order valence-corrected chi connectivity index (χ2v) is 5.92. The van der Waals surface area contributed by atoms with Gasteiger partial charge < -0.3 is 5.32 Å². The van der Waals surface area contributed by atoms with Crippen LogP contribution in [0.3, 0.4) is 0 Å². The molecular weight excluding hydrogens is 314 g/mol. The lowest BCUT2D eigenvalue weighted by molar-refractivity contribution is 0.0937. The molecule has 0 aromatic heterocycles. The first kappa shape index (κ1) is 15.5. The molecule has 2 nitrogen and oxygen atoms in total. The standard InChI is InChI=1S/C14H19BrClNO/c1-9(2)7-11(8-15)17-14(18)12-6-4-5-10(3)13(12)16/h4-6,9,11H,7-8H2,1-3H3,(H,17,18). The number of halogens is 2. The molecule has 1 amide bonds. The van der Waals surface area contributed by atoms with Crippen molar-refractivity contribution < 1.29 is 4.79 Å². The normalized spacial score (nSPS) is 12.6. The fraction of sp³-hybridized carbons (Fsp3) is 0.500. The van der Waals surface area contributed by atoms with Crippen LogP contribution in [0.1, 0.15) is 36.2 Å². The van der Waals surface area contributed by atoms with Gasteiger partial charge in [-0.3, -0.25) is 4.79 Å². The van der Waals surface area contributed by atoms with Gasteiger partial charge in [-0.1, -0.05) is 53.5 Å². The predicted molar refractivity (Wildman–Crippen MR) is 80.7 cm³/mol. The molecule has 0 fully saturated rings. The first-order valence-electron chi connectivity index (χ1n) is 6.07. The van der Waals surface area contributed by atoms with E-state index in [1.54, 1.807) is 6.07 Å². The maximum absolute atomic E-state index is 12.2. The highest BCUT2D eigenvalue weighted by atomic mass is 79.9. The third-order valence-corrected chi connectivity index (χ3v) is 4.00. The third kappa shape index (κ3) is 4.29. The predicted octanol–water partition coefficient (Wildman–Crippen LogP) is 4.19. The van der Waals surface area contributed by atoms with Gasteiger partial charge in [0.15, 0.2) is 0 Å². The van der Waals surface area contributed by atoms with E-state index in [2.05, 4.69) is 35.1 Å². The van der Waals surface area contributed by atoms with Gasteiger partial charge in [-0.05, 0) is 30.9 Å². The minimum Gasteiger partial charge on any atom is -0.348 e. The summed E-state index contributed by atoms with van der Waals surface area (Å²) >= 11 is 9.58. The van der Waals surface area contributed by atoms with Crippen LogP contribution in [0.5, 0.6) is 0 Å². The Labute approximate surface area is 122 Å². The van der Waals surface area contributed by atoms with Crippen LogP contribution < -0.4 is 5.32 Å². The van der Waals surface area contributed by atoms with Gasteiger partial charge in [0, 0.05) is 11.4 Å². The Bertz CT molecular complexity index is 420. The first-order valence-corrected chi connectivity index (χ1v) is 7.57. The zero-order valence-electron chi connectivity index (χ0n) is 11.0. The third-order valence-electron chi connectivity index (χ3n) is 2.71. The topological polar surface area (TPSA) is 29.1 Å². The van der Waals surface area contributed by atoms with Crippen molar-refractivity contribution in [2.75, 3.05) is 5.33 Å². The molecule has 0 spiro atoms. The number of alkyl halides is 1. The number of aryl methyl sites for hydroxylation is 1. The van der Waals surface area contributed by atoms with Gasteiger partial charge in [0.2, 0.25) is 0 Å². The summed E-state index contributed by atoms with van der Waals surface area (Å²) in [7, 11) is 0. The lowest BCUT2D eigenvalue weighted by atomic mass is 10.0. The van der Waals surface area contributed by atoms with Crippen LogP contribution in [0, 0.1) is 12.8 Å². The SMILES string of the molecule is Cc1cccc(C(=O)NC(CBr)CC(C)C)c1Cl. The molecule has 1 aromatic carbocycles. The summed E-state index contributed by atoms with van der Waals surface area (Å²) in [6, 6.07) is 5.64. The smallest absolute Gasteiger partial charge is 0.253 e. The van der Waals surface area contributed by atoms with Crippen LogP contribution in [0.15, 0.2) is 18.2 Å². The van der Waals surface area contributed by atoms with Crippen LogP contribution in [-0.4, -0.2) is 17.3 Å². The molecule has 0 aliphatic carbocycles. The van der Waals surface area contributed by atoms with E-state index in [1.807, 2.05) is 19.1 Å². The summed E-state index contributed by atoms with van der Waals surface area (Å²) in [5, 5.41) is 4.30. The van der Waals surface area contributed by atoms with Gasteiger partial charge in [0.1, 0.15) is 0 Å². The maximum Gasteiger partial charge on any atom is 0.253 e. The molecule has 1 rings (SSSR count). The Morgan fingerprint density at radius 1 is 1.44 bits per heavy atom. The molecule has 18 heavy (non-hydrogen) atoms. The summed E-state index contributed by atoms with van der Waals surface area (Å²) in [6.07, 6.45) is 0.945. The van der Waals surface area contributed by atoms with E-state index >= 15 is 0 Å². The highest BCUT2D eigenvalue weighted by Gasteiger charge is 2.16. The van der Waals surface area contributed by atoms with Crippen molar-refractivity contribution in [2.45, 2.75) is 33.2 Å². The lowest BCUT2D eigenvalue weighted by Crippen LogP contribution is -2.37. The summed E-state index contributed by atoms with van der Waals surface area (Å²) < 4.78 is 0. The van der Waals surface area contributed by atoms with E-state index in [-0.39, 0.29) is 11.9 Å². The number of rotatable bonds is 5. The molecule has 1 aromatic rings. The highest BCUT2D eigenvalue weighted by molar-refractivity contribution is 9.09. The van der Waals surface area contributed by atoms with E-state index in [9.17, 15) is 4.79 Å². The summed E-state index contributed by atoms with van der Waals surface area (Å²) in [5.74, 6) is 0.439. The largest absolute Gasteiger partial charge is 0.348 e. The van der Waals surface area contributed by atoms with Gasteiger partial charge in [0.25, 0.3) is 5.91 Å². The van der Waals surface area contributed by atoms with Gasteiger partial charge in [0.05, 0.1) is 10.6 Å². The van der Waals surface area contributed by atoms with E-state index in [0.717, 1.165) is 17.3 Å². The number of carbonyl (C=O) groups is 1. The highest BCUT2D eigenvalue weighted by Crippen LogP contribution is 2.20. The number of amides is 1. The Hall–Kier alpha value is -0.540. The van der Waals surface area contributed by atoms with Crippen LogP contribution in [0.2, 0.25) is 5.02 Å². The summed E-state index contributed by atoms with van der Waals surface area (Å²) in [4.78, 5) is 12.2. The Balaban J connectivity index is 2.78. The number of hydrogen-bond acceptors (Lipinski definition) is 1. The molecule has 4 heteroatoms. The average Bonchev–Trinajstić information content (AvgIpc) is 2.31. The number of carbonyl (C=O) groups excluding carboxylic acids is 1. The fourth-order valence-corrected chi connectivity index (χ4v) is 2.45. The molecule has 0 radical (unpaired) electrons. The maximum atomic E-state index is 12.2. The Morgan fingerprint density at radius 3 is 2.67 bits per heavy atom. The molecule has 1 N–H and O–H groups in total. The van der Waals surface area contributed by atoms with Gasteiger partial charge in [-0.25, -0.2) is 0 Å². The molecule has 0 heterocycles. The fourth-order valence-electron chi connectivity index (χ4n) is 1.82. The van der Waals surface area contributed by atoms with Crippen molar-refractivity contribution in [1.82, 2.24) is 5.32 Å². The van der Waals surface area contributed by atoms with Gasteiger partial charge >= 0.3 is 0 Å². The number of nitrogens with one attached hydrogen (secondary N) is 1. The van der Waals surface area contributed by atoms with Crippen molar-refractivity contribution in [3.63, 3.8) is 0 Å². The lowest BCUT2D eigenvalue weighted by Gasteiger charge is -2.18. The molecule has 100 valence electrons. The van der Waals surface area contributed by atoms with E-state index < -0.39 is 0 Å². The zero-order valence-corrected chi connectivity index (χ0v) is 13.3. The molecule has 1 atom stereocenters. The first-order chi connectivity index (χ1) is 8.45. The number of benzene rings is 1. The minimum absolute atomic E-state index is 0.103. The molecule has 0 aliphatic heterocycles. The van der Waals surface area contributed by atoms with Crippen molar-refractivity contribution in [2.24, 2.45) is 5.92 Å². The Morgan fingerprint density at radius 2 is 2.11 bits per heavy atom. The van der Waals surface area contributed by atoms with Crippen LogP contribution >= 0.6 is 27.5 Å². The summed E-state index contributed by atoms with van der Waals surface area (Å²) in [5.41, 5.74) is 1.47. The summed E-state index contributed by atoms with van der Waals surface area (Å²) in [6.45, 7) is 6.18. The molecular formula is C14H19BrClNO. The van der Waals surface area contributed by atoms with E-state index in [1.165, 1.54) is 0 Å². The van der Waals surface area contributed by atoms with Gasteiger partial charge in [-0.15, -0.1) is 0 Å². The van der Waals surface area contributed by atoms with Crippen LogP contribution in [-0.2, 0) is 0 Å². The Kier molecular flexibility index (Phi) is 6.16. The van der Waals surface area contributed by atoms with E-state index in [4.69, 9.17) is 11.6 Å². The van der Waals surface area contributed by atoms with E-state index in [0.29, 0.717) is 16.5 Å². The molecule has 0 aliphatic rings. The van der Waals surface area contributed by atoms with Crippen LogP contribution in [0.4, 0.5) is 0 Å². The number of hydrogen-bond donors (Lipinski definition) is 1. The molecule has 0 bridgehead atoms. The molecule has 1 unspecified atom stereocenters. The van der Waals surface area contributed by atoms with Crippen molar-refractivity contribution in [1.29, 1.82) is 0 Å². The van der Waals surface area contributed by atoms with Crippen molar-refractivity contribution >= 4 is 33.4 Å². The quantitative estimate of drug-likeness (QED) is 0.805. The zero-order chi connectivity index (χ0) is 13.7. The van der Waals surface area contributed by atoms with Crippen LogP contribution in [0.25, 0.3) is 0 Å². The molecule has 0 saturated heterocycles. The second kappa shape index (κ2) is 7.15. The van der Waals surface area contributed by atoms with Gasteiger partial charge in [-0.2, -0.15) is 0 Å². The second-order valence-electron chi connectivity index (χ2n) is 4.89. The minimum atomic E-state index is -0.103. The molecule has 0 saturated carbocycles. The van der Waals surface area contributed by atoms with Crippen molar-refractivity contribution in [3.8, 4) is 0 Å². The monoisotopic (exact) mass is 331 g/mol. The van der Waals surface area contributed by atoms with Crippen molar-refractivity contribution in [3.05, 3.63) is 34.3 Å².